The number of anilines is 1. The number of benzene rings is 3. The molecule has 0 heterocycles. The topological polar surface area (TPSA) is 29.1 Å². The number of rotatable bonds is 4. The number of amides is 1. The molecule has 0 radical (unpaired) electrons. The fourth-order valence-corrected chi connectivity index (χ4v) is 2.87. The molecule has 120 valence electrons. The molecule has 24 heavy (non-hydrogen) atoms. The van der Waals surface area contributed by atoms with Gasteiger partial charge >= 0.3 is 0 Å². The van der Waals surface area contributed by atoms with E-state index in [0.717, 1.165) is 34.4 Å². The van der Waals surface area contributed by atoms with Crippen LogP contribution in [0.25, 0.3) is 0 Å². The predicted octanol–water partition coefficient (Wildman–Crippen LogP) is 5.15. The Morgan fingerprint density at radius 3 is 2.33 bits per heavy atom. The van der Waals surface area contributed by atoms with Crippen molar-refractivity contribution in [3.05, 3.63) is 101 Å². The third-order valence-corrected chi connectivity index (χ3v) is 4.13. The van der Waals surface area contributed by atoms with Crippen molar-refractivity contribution in [3.63, 3.8) is 0 Å². The molecule has 2 nitrogen and oxygen atoms in total. The first-order valence-corrected chi connectivity index (χ1v) is 8.14. The van der Waals surface area contributed by atoms with Crippen LogP contribution < -0.4 is 5.32 Å². The molecule has 1 amide bonds. The smallest absolute Gasteiger partial charge is 0.255 e. The molecule has 1 N–H and O–H groups in total. The minimum absolute atomic E-state index is 0.0620. The van der Waals surface area contributed by atoms with E-state index in [2.05, 4.69) is 23.5 Å². The summed E-state index contributed by atoms with van der Waals surface area (Å²) in [5.41, 5.74) is 6.08. The third kappa shape index (κ3) is 3.72. The number of para-hydroxylation sites is 1. The Hall–Kier alpha value is -2.87. The van der Waals surface area contributed by atoms with Crippen LogP contribution in [0.3, 0.4) is 0 Å². The second-order valence-corrected chi connectivity index (χ2v) is 6.09. The largest absolute Gasteiger partial charge is 0.322 e. The Morgan fingerprint density at radius 2 is 1.58 bits per heavy atom. The van der Waals surface area contributed by atoms with Crippen molar-refractivity contribution >= 4 is 11.6 Å². The van der Waals surface area contributed by atoms with Crippen LogP contribution in [-0.2, 0) is 6.42 Å². The zero-order chi connectivity index (χ0) is 16.9. The molecule has 2 heteroatoms. The molecule has 0 saturated carbocycles. The monoisotopic (exact) mass is 315 g/mol. The first-order chi connectivity index (χ1) is 11.6. The van der Waals surface area contributed by atoms with Crippen molar-refractivity contribution in [2.75, 3.05) is 5.32 Å². The SMILES string of the molecule is Cc1ccc(C(=O)Nc2ccccc2Cc2ccccc2)c(C)c1. The Morgan fingerprint density at radius 1 is 0.875 bits per heavy atom. The lowest BCUT2D eigenvalue weighted by atomic mass is 10.0. The Labute approximate surface area is 143 Å². The van der Waals surface area contributed by atoms with E-state index in [-0.39, 0.29) is 5.91 Å². The van der Waals surface area contributed by atoms with E-state index in [0.29, 0.717) is 0 Å². The van der Waals surface area contributed by atoms with Gasteiger partial charge in [-0.3, -0.25) is 4.79 Å². The number of hydrogen-bond donors (Lipinski definition) is 1. The van der Waals surface area contributed by atoms with E-state index in [4.69, 9.17) is 0 Å². The lowest BCUT2D eigenvalue weighted by Crippen LogP contribution is -2.14. The van der Waals surface area contributed by atoms with Gasteiger partial charge in [-0.15, -0.1) is 0 Å². The summed E-state index contributed by atoms with van der Waals surface area (Å²) in [5.74, 6) is -0.0620. The van der Waals surface area contributed by atoms with Crippen molar-refractivity contribution in [2.45, 2.75) is 20.3 Å². The van der Waals surface area contributed by atoms with Gasteiger partial charge in [-0.2, -0.15) is 0 Å². The molecule has 3 aromatic carbocycles. The van der Waals surface area contributed by atoms with Crippen LogP contribution in [0.4, 0.5) is 5.69 Å². The van der Waals surface area contributed by atoms with Crippen LogP contribution in [-0.4, -0.2) is 5.91 Å². The Bertz CT molecular complexity index is 853. The summed E-state index contributed by atoms with van der Waals surface area (Å²) < 4.78 is 0. The number of carbonyl (C=O) groups is 1. The van der Waals surface area contributed by atoms with Crippen molar-refractivity contribution in [2.24, 2.45) is 0 Å². The summed E-state index contributed by atoms with van der Waals surface area (Å²) in [6.45, 7) is 4.00. The maximum Gasteiger partial charge on any atom is 0.255 e. The summed E-state index contributed by atoms with van der Waals surface area (Å²) in [6.07, 6.45) is 0.796. The Balaban J connectivity index is 1.84. The quantitative estimate of drug-likeness (QED) is 0.709. The molecule has 0 unspecified atom stereocenters. The first-order valence-electron chi connectivity index (χ1n) is 8.14. The van der Waals surface area contributed by atoms with Crippen molar-refractivity contribution < 1.29 is 4.79 Å². The fraction of sp³-hybridized carbons (Fsp3) is 0.136. The van der Waals surface area contributed by atoms with E-state index < -0.39 is 0 Å². The molecule has 0 aromatic heterocycles. The van der Waals surface area contributed by atoms with Crippen LogP contribution in [0.15, 0.2) is 72.8 Å². The van der Waals surface area contributed by atoms with Gasteiger partial charge in [-0.25, -0.2) is 0 Å². The Kier molecular flexibility index (Phi) is 4.76. The van der Waals surface area contributed by atoms with Crippen molar-refractivity contribution in [3.8, 4) is 0 Å². The maximum atomic E-state index is 12.6. The van der Waals surface area contributed by atoms with E-state index >= 15 is 0 Å². The lowest BCUT2D eigenvalue weighted by Gasteiger charge is -2.13. The normalized spacial score (nSPS) is 10.4. The molecule has 0 aliphatic heterocycles. The number of carbonyl (C=O) groups excluding carboxylic acids is 1. The third-order valence-electron chi connectivity index (χ3n) is 4.13. The van der Waals surface area contributed by atoms with Crippen molar-refractivity contribution in [1.29, 1.82) is 0 Å². The van der Waals surface area contributed by atoms with Gasteiger partial charge in [-0.1, -0.05) is 66.2 Å². The van der Waals surface area contributed by atoms with Crippen LogP contribution >= 0.6 is 0 Å². The maximum absolute atomic E-state index is 12.6. The van der Waals surface area contributed by atoms with Crippen LogP contribution in [0.2, 0.25) is 0 Å². The van der Waals surface area contributed by atoms with E-state index in [1.165, 1.54) is 5.56 Å². The van der Waals surface area contributed by atoms with E-state index in [1.54, 1.807) is 0 Å². The molecule has 0 saturated heterocycles. The van der Waals surface area contributed by atoms with Gasteiger partial charge < -0.3 is 5.32 Å². The van der Waals surface area contributed by atoms with Crippen molar-refractivity contribution in [1.82, 2.24) is 0 Å². The molecule has 3 aromatic rings. The minimum Gasteiger partial charge on any atom is -0.322 e. The van der Waals surface area contributed by atoms with E-state index in [9.17, 15) is 4.79 Å². The zero-order valence-electron chi connectivity index (χ0n) is 14.0. The highest BCUT2D eigenvalue weighted by Gasteiger charge is 2.11. The van der Waals surface area contributed by atoms with Gasteiger partial charge in [0.25, 0.3) is 5.91 Å². The lowest BCUT2D eigenvalue weighted by molar-refractivity contribution is 0.102. The number of aryl methyl sites for hydroxylation is 2. The minimum atomic E-state index is -0.0620. The molecule has 0 fully saturated rings. The van der Waals surface area contributed by atoms with Gasteiger partial charge in [0.15, 0.2) is 0 Å². The molecule has 3 rings (SSSR count). The molecule has 0 bridgehead atoms. The highest BCUT2D eigenvalue weighted by atomic mass is 16.1. The second kappa shape index (κ2) is 7.14. The summed E-state index contributed by atoms with van der Waals surface area (Å²) in [4.78, 5) is 12.6. The van der Waals surface area contributed by atoms with Crippen LogP contribution in [0, 0.1) is 13.8 Å². The van der Waals surface area contributed by atoms with Gasteiger partial charge in [0.2, 0.25) is 0 Å². The number of nitrogens with one attached hydrogen (secondary N) is 1. The summed E-state index contributed by atoms with van der Waals surface area (Å²) in [6, 6.07) is 24.1. The fourth-order valence-electron chi connectivity index (χ4n) is 2.87. The molecule has 0 aliphatic rings. The predicted molar refractivity (Wildman–Crippen MR) is 99.6 cm³/mol. The van der Waals surface area contributed by atoms with Crippen LogP contribution in [0.5, 0.6) is 0 Å². The second-order valence-electron chi connectivity index (χ2n) is 6.09. The molecule has 0 spiro atoms. The summed E-state index contributed by atoms with van der Waals surface area (Å²) in [5, 5.41) is 3.07. The van der Waals surface area contributed by atoms with Gasteiger partial charge in [0.1, 0.15) is 0 Å². The summed E-state index contributed by atoms with van der Waals surface area (Å²) >= 11 is 0. The highest BCUT2D eigenvalue weighted by molar-refractivity contribution is 6.05. The average Bonchev–Trinajstić information content (AvgIpc) is 2.57. The van der Waals surface area contributed by atoms with E-state index in [1.807, 2.05) is 68.4 Å². The molecular weight excluding hydrogens is 294 g/mol. The van der Waals surface area contributed by atoms with Crippen LogP contribution in [0.1, 0.15) is 32.6 Å². The zero-order valence-corrected chi connectivity index (χ0v) is 14.0. The molecular formula is C22H21NO. The summed E-state index contributed by atoms with van der Waals surface area (Å²) in [7, 11) is 0. The standard InChI is InChI=1S/C22H21NO/c1-16-12-13-20(17(2)14-16)22(24)23-21-11-7-6-10-19(21)15-18-8-4-3-5-9-18/h3-14H,15H2,1-2H3,(H,23,24). The van der Waals surface area contributed by atoms with Gasteiger partial charge in [0.05, 0.1) is 0 Å². The number of hydrogen-bond acceptors (Lipinski definition) is 1. The average molecular weight is 315 g/mol. The van der Waals surface area contributed by atoms with Gasteiger partial charge in [0, 0.05) is 11.3 Å². The molecule has 0 atom stereocenters. The molecule has 0 aliphatic carbocycles. The van der Waals surface area contributed by atoms with Gasteiger partial charge in [-0.05, 0) is 49.1 Å². The first kappa shape index (κ1) is 16.0. The highest BCUT2D eigenvalue weighted by Crippen LogP contribution is 2.21.